The lowest BCUT2D eigenvalue weighted by Gasteiger charge is -2.34. The van der Waals surface area contributed by atoms with Crippen LogP contribution in [0.3, 0.4) is 0 Å². The normalized spacial score (nSPS) is 12.2. The van der Waals surface area contributed by atoms with Crippen LogP contribution < -0.4 is 0 Å². The van der Waals surface area contributed by atoms with Crippen molar-refractivity contribution in [2.45, 2.75) is 20.3 Å². The van der Waals surface area contributed by atoms with Gasteiger partial charge in [0.25, 0.3) is 0 Å². The molecule has 1 rings (SSSR count). The van der Waals surface area contributed by atoms with Crippen LogP contribution >= 0.6 is 39.1 Å². The molecule has 0 aliphatic heterocycles. The molecular formula is C13H16BrCl2F. The van der Waals surface area contributed by atoms with Gasteiger partial charge >= 0.3 is 0 Å². The van der Waals surface area contributed by atoms with E-state index in [4.69, 9.17) is 23.2 Å². The minimum atomic E-state index is -0.259. The molecule has 0 aliphatic rings. The first-order valence-electron chi connectivity index (χ1n) is 5.51. The van der Waals surface area contributed by atoms with E-state index in [9.17, 15) is 4.39 Å². The molecule has 0 aliphatic carbocycles. The van der Waals surface area contributed by atoms with Gasteiger partial charge in [0, 0.05) is 21.6 Å². The van der Waals surface area contributed by atoms with Gasteiger partial charge in [-0.25, -0.2) is 4.39 Å². The van der Waals surface area contributed by atoms with Gasteiger partial charge < -0.3 is 0 Å². The summed E-state index contributed by atoms with van der Waals surface area (Å²) in [4.78, 5) is 0. The lowest BCUT2D eigenvalue weighted by molar-refractivity contribution is 0.256. The van der Waals surface area contributed by atoms with Crippen LogP contribution in [0.2, 0.25) is 0 Å². The van der Waals surface area contributed by atoms with Gasteiger partial charge in [-0.2, -0.15) is 0 Å². The number of hydrogen-bond acceptors (Lipinski definition) is 0. The van der Waals surface area contributed by atoms with Crippen molar-refractivity contribution in [2.75, 3.05) is 11.8 Å². The van der Waals surface area contributed by atoms with Crippen LogP contribution in [-0.2, 0) is 6.42 Å². The maximum absolute atomic E-state index is 13.7. The van der Waals surface area contributed by atoms with E-state index >= 15 is 0 Å². The van der Waals surface area contributed by atoms with E-state index in [1.807, 2.05) is 0 Å². The first kappa shape index (κ1) is 15.3. The first-order chi connectivity index (χ1) is 7.95. The van der Waals surface area contributed by atoms with Crippen LogP contribution in [0.25, 0.3) is 0 Å². The third kappa shape index (κ3) is 3.59. The molecule has 0 nitrogen and oxygen atoms in total. The van der Waals surface area contributed by atoms with Crippen molar-refractivity contribution in [2.24, 2.45) is 11.3 Å². The molecule has 0 saturated heterocycles. The molecular weight excluding hydrogens is 326 g/mol. The van der Waals surface area contributed by atoms with Crippen molar-refractivity contribution >= 4 is 39.1 Å². The second kappa shape index (κ2) is 6.40. The number of alkyl halides is 2. The molecule has 0 saturated carbocycles. The summed E-state index contributed by atoms with van der Waals surface area (Å²) in [7, 11) is 0. The van der Waals surface area contributed by atoms with Crippen LogP contribution in [0.15, 0.2) is 22.7 Å². The van der Waals surface area contributed by atoms with Crippen molar-refractivity contribution in [1.82, 2.24) is 0 Å². The predicted octanol–water partition coefficient (Wildman–Crippen LogP) is 5.25. The third-order valence-corrected chi connectivity index (χ3v) is 4.87. The van der Waals surface area contributed by atoms with E-state index in [1.54, 1.807) is 12.1 Å². The van der Waals surface area contributed by atoms with E-state index in [2.05, 4.69) is 29.8 Å². The molecule has 0 N–H and O–H groups in total. The minimum Gasteiger partial charge on any atom is -0.207 e. The molecule has 96 valence electrons. The zero-order chi connectivity index (χ0) is 13.1. The van der Waals surface area contributed by atoms with Crippen LogP contribution in [0.4, 0.5) is 4.39 Å². The average Bonchev–Trinajstić information content (AvgIpc) is 2.30. The summed E-state index contributed by atoms with van der Waals surface area (Å²) in [6.45, 7) is 4.14. The Morgan fingerprint density at radius 2 is 1.88 bits per heavy atom. The van der Waals surface area contributed by atoms with E-state index in [0.29, 0.717) is 29.7 Å². The molecule has 1 aromatic rings. The molecule has 0 fully saturated rings. The van der Waals surface area contributed by atoms with Crippen molar-refractivity contribution in [3.05, 3.63) is 34.1 Å². The molecule has 0 spiro atoms. The average molecular weight is 342 g/mol. The van der Waals surface area contributed by atoms with Crippen LogP contribution in [0, 0.1) is 17.2 Å². The lowest BCUT2D eigenvalue weighted by Crippen LogP contribution is -2.34. The zero-order valence-corrected chi connectivity index (χ0v) is 13.0. The van der Waals surface area contributed by atoms with Gasteiger partial charge in [-0.1, -0.05) is 29.8 Å². The van der Waals surface area contributed by atoms with Crippen LogP contribution in [0.5, 0.6) is 0 Å². The third-order valence-electron chi connectivity index (χ3n) is 3.31. The topological polar surface area (TPSA) is 0 Å². The van der Waals surface area contributed by atoms with E-state index in [0.717, 1.165) is 4.47 Å². The fourth-order valence-corrected chi connectivity index (χ4v) is 3.20. The molecule has 0 aromatic heterocycles. The summed E-state index contributed by atoms with van der Waals surface area (Å²) >= 11 is 15.4. The fraction of sp³-hybridized carbons (Fsp3) is 0.538. The number of rotatable bonds is 5. The van der Waals surface area contributed by atoms with Gasteiger partial charge in [-0.3, -0.25) is 0 Å². The highest BCUT2D eigenvalue weighted by atomic mass is 79.9. The van der Waals surface area contributed by atoms with Crippen molar-refractivity contribution in [3.63, 3.8) is 0 Å². The van der Waals surface area contributed by atoms with Crippen LogP contribution in [-0.4, -0.2) is 11.8 Å². The van der Waals surface area contributed by atoms with E-state index < -0.39 is 0 Å². The smallest absolute Gasteiger partial charge is 0.126 e. The monoisotopic (exact) mass is 340 g/mol. The largest absolute Gasteiger partial charge is 0.207 e. The lowest BCUT2D eigenvalue weighted by atomic mass is 9.76. The molecule has 0 radical (unpaired) electrons. The molecule has 0 bridgehead atoms. The SMILES string of the molecule is CC(C)C(CCl)(CCl)Cc1cc(Br)ccc1F. The Morgan fingerprint density at radius 3 is 2.35 bits per heavy atom. The molecule has 0 amide bonds. The summed E-state index contributed by atoms with van der Waals surface area (Å²) in [6.07, 6.45) is 0.558. The van der Waals surface area contributed by atoms with Crippen molar-refractivity contribution in [1.29, 1.82) is 0 Å². The maximum Gasteiger partial charge on any atom is 0.126 e. The second-order valence-electron chi connectivity index (χ2n) is 4.70. The summed E-state index contributed by atoms with van der Waals surface area (Å²) in [6, 6.07) is 4.95. The first-order valence-corrected chi connectivity index (χ1v) is 7.37. The number of halogens is 4. The number of benzene rings is 1. The molecule has 1 aromatic carbocycles. The van der Waals surface area contributed by atoms with Gasteiger partial charge in [-0.15, -0.1) is 23.2 Å². The van der Waals surface area contributed by atoms with Crippen molar-refractivity contribution < 1.29 is 4.39 Å². The Kier molecular flexibility index (Phi) is 5.75. The van der Waals surface area contributed by atoms with Gasteiger partial charge in [0.15, 0.2) is 0 Å². The summed E-state index contributed by atoms with van der Waals surface area (Å²) in [5, 5.41) is 0. The quantitative estimate of drug-likeness (QED) is 0.641. The predicted molar refractivity (Wildman–Crippen MR) is 76.5 cm³/mol. The van der Waals surface area contributed by atoms with E-state index in [-0.39, 0.29) is 11.2 Å². The summed E-state index contributed by atoms with van der Waals surface area (Å²) in [5.41, 5.74) is 0.402. The molecule has 17 heavy (non-hydrogen) atoms. The second-order valence-corrected chi connectivity index (χ2v) is 6.15. The van der Waals surface area contributed by atoms with Gasteiger partial charge in [0.05, 0.1) is 0 Å². The molecule has 4 heteroatoms. The van der Waals surface area contributed by atoms with Gasteiger partial charge in [-0.05, 0) is 36.1 Å². The Balaban J connectivity index is 3.05. The standard InChI is InChI=1S/C13H16BrCl2F/c1-9(2)13(7-15,8-16)6-10-5-11(14)3-4-12(10)17/h3-5,9H,6-8H2,1-2H3. The zero-order valence-electron chi connectivity index (χ0n) is 9.94. The number of hydrogen-bond donors (Lipinski definition) is 0. The van der Waals surface area contributed by atoms with Gasteiger partial charge in [0.2, 0.25) is 0 Å². The molecule has 0 unspecified atom stereocenters. The Bertz CT molecular complexity index is 376. The highest BCUT2D eigenvalue weighted by molar-refractivity contribution is 9.10. The van der Waals surface area contributed by atoms with Crippen molar-refractivity contribution in [3.8, 4) is 0 Å². The summed E-state index contributed by atoms with van der Waals surface area (Å²) in [5.74, 6) is 0.963. The van der Waals surface area contributed by atoms with E-state index in [1.165, 1.54) is 6.07 Å². The van der Waals surface area contributed by atoms with Gasteiger partial charge in [0.1, 0.15) is 5.82 Å². The highest BCUT2D eigenvalue weighted by Crippen LogP contribution is 2.35. The fourth-order valence-electron chi connectivity index (χ4n) is 1.70. The summed E-state index contributed by atoms with van der Waals surface area (Å²) < 4.78 is 14.6. The Morgan fingerprint density at radius 1 is 1.29 bits per heavy atom. The Hall–Kier alpha value is 0.210. The molecule has 0 heterocycles. The Labute approximate surface area is 121 Å². The molecule has 0 atom stereocenters. The highest BCUT2D eigenvalue weighted by Gasteiger charge is 2.33. The van der Waals surface area contributed by atoms with Crippen LogP contribution in [0.1, 0.15) is 19.4 Å². The maximum atomic E-state index is 13.7. The minimum absolute atomic E-state index is 0.201.